The topological polar surface area (TPSA) is 58.9 Å². The van der Waals surface area contributed by atoms with Gasteiger partial charge in [0.25, 0.3) is 0 Å². The summed E-state index contributed by atoms with van der Waals surface area (Å²) in [5.41, 5.74) is 7.56. The fourth-order valence-corrected chi connectivity index (χ4v) is 2.94. The molecule has 1 heterocycles. The Bertz CT molecular complexity index is 871. The van der Waals surface area contributed by atoms with Gasteiger partial charge in [-0.3, -0.25) is 4.79 Å². The van der Waals surface area contributed by atoms with Crippen molar-refractivity contribution in [2.75, 3.05) is 5.73 Å². The van der Waals surface area contributed by atoms with E-state index in [0.29, 0.717) is 21.7 Å². The Hall–Kier alpha value is -1.68. The number of benzene rings is 2. The third-order valence-electron chi connectivity index (χ3n) is 3.19. The molecule has 0 spiro atoms. The molecule has 0 fully saturated rings. The molecule has 0 saturated heterocycles. The van der Waals surface area contributed by atoms with Crippen molar-refractivity contribution in [2.45, 2.75) is 0 Å². The Labute approximate surface area is 135 Å². The number of hydrogen-bond donors (Lipinski definition) is 2. The maximum absolute atomic E-state index is 12.7. The van der Waals surface area contributed by atoms with Crippen LogP contribution in [0.25, 0.3) is 10.9 Å². The van der Waals surface area contributed by atoms with Crippen molar-refractivity contribution in [3.05, 3.63) is 62.7 Å². The fourth-order valence-electron chi connectivity index (χ4n) is 2.24. The van der Waals surface area contributed by atoms with Gasteiger partial charge in [-0.05, 0) is 24.3 Å². The number of carbonyl (C=O) groups excluding carboxylic acids is 1. The van der Waals surface area contributed by atoms with E-state index in [0.717, 1.165) is 5.52 Å². The van der Waals surface area contributed by atoms with Crippen LogP contribution in [-0.2, 0) is 0 Å². The summed E-state index contributed by atoms with van der Waals surface area (Å²) in [5.74, 6) is -0.284. The minimum Gasteiger partial charge on any atom is -0.399 e. The Kier molecular flexibility index (Phi) is 3.57. The third-order valence-corrected chi connectivity index (χ3v) is 4.31. The molecule has 0 bridgehead atoms. The van der Waals surface area contributed by atoms with E-state index >= 15 is 0 Å². The lowest BCUT2D eigenvalue weighted by Gasteiger charge is -2.06. The van der Waals surface area contributed by atoms with Gasteiger partial charge in [0.1, 0.15) is 0 Å². The SMILES string of the molecule is Nc1cc(Cl)c(Cl)c(C(=O)c2c[nH]c3cccc(Cl)c23)c1. The van der Waals surface area contributed by atoms with E-state index in [1.54, 1.807) is 18.3 Å². The predicted molar refractivity (Wildman–Crippen MR) is 87.6 cm³/mol. The first-order valence-electron chi connectivity index (χ1n) is 6.04. The molecule has 0 unspecified atom stereocenters. The lowest BCUT2D eigenvalue weighted by molar-refractivity contribution is 0.104. The molecule has 3 rings (SSSR count). The number of carbonyl (C=O) groups is 1. The summed E-state index contributed by atoms with van der Waals surface area (Å²) >= 11 is 18.3. The van der Waals surface area contributed by atoms with Gasteiger partial charge in [0, 0.05) is 33.9 Å². The van der Waals surface area contributed by atoms with Crippen LogP contribution in [0.3, 0.4) is 0 Å². The van der Waals surface area contributed by atoms with Gasteiger partial charge in [0.15, 0.2) is 5.78 Å². The van der Waals surface area contributed by atoms with E-state index < -0.39 is 0 Å². The molecule has 3 aromatic rings. The van der Waals surface area contributed by atoms with Gasteiger partial charge >= 0.3 is 0 Å². The van der Waals surface area contributed by atoms with Gasteiger partial charge in [-0.15, -0.1) is 0 Å². The molecule has 6 heteroatoms. The minimum atomic E-state index is -0.284. The Morgan fingerprint density at radius 3 is 2.57 bits per heavy atom. The molecular weight excluding hydrogens is 331 g/mol. The van der Waals surface area contributed by atoms with Gasteiger partial charge in [-0.1, -0.05) is 40.9 Å². The lowest BCUT2D eigenvalue weighted by atomic mass is 10.0. The second-order valence-electron chi connectivity index (χ2n) is 4.56. The number of nitrogens with one attached hydrogen (secondary N) is 1. The monoisotopic (exact) mass is 338 g/mol. The zero-order chi connectivity index (χ0) is 15.1. The van der Waals surface area contributed by atoms with Crippen molar-refractivity contribution in [1.29, 1.82) is 0 Å². The highest BCUT2D eigenvalue weighted by molar-refractivity contribution is 6.45. The molecule has 0 aliphatic carbocycles. The first-order chi connectivity index (χ1) is 9.99. The summed E-state index contributed by atoms with van der Waals surface area (Å²) in [4.78, 5) is 15.7. The van der Waals surface area contributed by atoms with Gasteiger partial charge in [-0.25, -0.2) is 0 Å². The lowest BCUT2D eigenvalue weighted by Crippen LogP contribution is -2.03. The Morgan fingerprint density at radius 2 is 1.81 bits per heavy atom. The smallest absolute Gasteiger partial charge is 0.196 e. The maximum Gasteiger partial charge on any atom is 0.196 e. The van der Waals surface area contributed by atoms with E-state index in [-0.39, 0.29) is 21.4 Å². The number of halogens is 3. The van der Waals surface area contributed by atoms with Crippen LogP contribution >= 0.6 is 34.8 Å². The molecule has 0 saturated carbocycles. The van der Waals surface area contributed by atoms with Crippen LogP contribution in [0.15, 0.2) is 36.5 Å². The third kappa shape index (κ3) is 2.38. The van der Waals surface area contributed by atoms with Crippen molar-refractivity contribution >= 4 is 57.2 Å². The highest BCUT2D eigenvalue weighted by Crippen LogP contribution is 2.33. The van der Waals surface area contributed by atoms with Crippen LogP contribution in [-0.4, -0.2) is 10.8 Å². The highest BCUT2D eigenvalue weighted by Gasteiger charge is 2.20. The Balaban J connectivity index is 2.22. The van der Waals surface area contributed by atoms with Crippen molar-refractivity contribution in [1.82, 2.24) is 4.98 Å². The van der Waals surface area contributed by atoms with Gasteiger partial charge in [0.05, 0.1) is 15.1 Å². The molecule has 3 nitrogen and oxygen atoms in total. The first-order valence-corrected chi connectivity index (χ1v) is 7.17. The molecule has 0 amide bonds. The molecule has 0 atom stereocenters. The number of ketones is 1. The summed E-state index contributed by atoms with van der Waals surface area (Å²) in [6.07, 6.45) is 1.60. The number of H-pyrrole nitrogens is 1. The minimum absolute atomic E-state index is 0.178. The summed E-state index contributed by atoms with van der Waals surface area (Å²) in [6, 6.07) is 8.38. The highest BCUT2D eigenvalue weighted by atomic mass is 35.5. The predicted octanol–water partition coefficient (Wildman–Crippen LogP) is 4.94. The first kappa shape index (κ1) is 14.3. The second kappa shape index (κ2) is 5.26. The largest absolute Gasteiger partial charge is 0.399 e. The summed E-state index contributed by atoms with van der Waals surface area (Å²) in [6.45, 7) is 0. The number of aromatic amines is 1. The normalized spacial score (nSPS) is 11.0. The van der Waals surface area contributed by atoms with Gasteiger partial charge in [-0.2, -0.15) is 0 Å². The zero-order valence-corrected chi connectivity index (χ0v) is 12.9. The standard InChI is InChI=1S/C15H9Cl3N2O/c16-10-2-1-3-12-13(10)9(6-20-12)15(21)8-4-7(19)5-11(17)14(8)18/h1-6,20H,19H2. The van der Waals surface area contributed by atoms with Crippen molar-refractivity contribution in [2.24, 2.45) is 0 Å². The Morgan fingerprint density at radius 1 is 1.05 bits per heavy atom. The van der Waals surface area contributed by atoms with Crippen molar-refractivity contribution < 1.29 is 4.79 Å². The van der Waals surface area contributed by atoms with Gasteiger partial charge < -0.3 is 10.7 Å². The summed E-state index contributed by atoms with van der Waals surface area (Å²) in [5, 5.41) is 1.56. The number of anilines is 1. The van der Waals surface area contributed by atoms with Gasteiger partial charge in [0.2, 0.25) is 0 Å². The number of nitrogen functional groups attached to an aromatic ring is 1. The number of hydrogen-bond acceptors (Lipinski definition) is 2. The van der Waals surface area contributed by atoms with Crippen molar-refractivity contribution in [3.63, 3.8) is 0 Å². The molecule has 0 radical (unpaired) electrons. The molecule has 1 aromatic heterocycles. The molecule has 0 aliphatic heterocycles. The quantitative estimate of drug-likeness (QED) is 0.513. The van der Waals surface area contributed by atoms with Crippen LogP contribution in [0.5, 0.6) is 0 Å². The number of fused-ring (bicyclic) bond motifs is 1. The molecule has 0 aliphatic rings. The number of rotatable bonds is 2. The second-order valence-corrected chi connectivity index (χ2v) is 5.75. The van der Waals surface area contributed by atoms with Crippen molar-refractivity contribution in [3.8, 4) is 0 Å². The van der Waals surface area contributed by atoms with Crippen LogP contribution in [0.4, 0.5) is 5.69 Å². The van der Waals surface area contributed by atoms with Crippen LogP contribution in [0, 0.1) is 0 Å². The van der Waals surface area contributed by atoms with Crippen LogP contribution in [0.2, 0.25) is 15.1 Å². The van der Waals surface area contributed by atoms with E-state index in [9.17, 15) is 4.79 Å². The molecule has 2 aromatic carbocycles. The summed E-state index contributed by atoms with van der Waals surface area (Å²) < 4.78 is 0. The molecule has 3 N–H and O–H groups in total. The average molecular weight is 340 g/mol. The summed E-state index contributed by atoms with van der Waals surface area (Å²) in [7, 11) is 0. The average Bonchev–Trinajstić information content (AvgIpc) is 2.87. The molecule has 21 heavy (non-hydrogen) atoms. The molecule has 106 valence electrons. The number of aromatic nitrogens is 1. The van der Waals surface area contributed by atoms with Crippen LogP contribution < -0.4 is 5.73 Å². The van der Waals surface area contributed by atoms with Crippen LogP contribution in [0.1, 0.15) is 15.9 Å². The zero-order valence-electron chi connectivity index (χ0n) is 10.6. The van der Waals surface area contributed by atoms with E-state index in [4.69, 9.17) is 40.5 Å². The van der Waals surface area contributed by atoms with E-state index in [2.05, 4.69) is 4.98 Å². The number of nitrogens with two attached hydrogens (primary N) is 1. The molecular formula is C15H9Cl3N2O. The van der Waals surface area contributed by atoms with E-state index in [1.807, 2.05) is 6.07 Å². The fraction of sp³-hybridized carbons (Fsp3) is 0. The maximum atomic E-state index is 12.7. The van der Waals surface area contributed by atoms with E-state index in [1.165, 1.54) is 12.1 Å².